The zero-order chi connectivity index (χ0) is 49.4. The van der Waals surface area contributed by atoms with Crippen molar-refractivity contribution in [2.45, 2.75) is 158 Å². The smallest absolute Gasteiger partial charge is 0.405 e. The van der Waals surface area contributed by atoms with E-state index in [2.05, 4.69) is 18.3 Å². The molecule has 0 saturated carbocycles. The number of hydrogen-bond acceptors (Lipinski definition) is 13. The maximum absolute atomic E-state index is 7.18. The second-order valence-electron chi connectivity index (χ2n) is 20.9. The molecule has 0 saturated heterocycles. The Balaban J connectivity index is 1.36. The van der Waals surface area contributed by atoms with Gasteiger partial charge in [-0.2, -0.15) is 9.13 Å². The standard InChI is InChI=1S/C53H60N8O9/c1-23(2)63-29-17-18-30(64-24(3)4)36-35(29)43-54-45-37-31(65-25(5)6)19-21-33(67-27(9)10)39(37)47-56-49-41-42(70-52(15,62-16)51(13,14)69-41)50-57-48-40-34(68-28(11)12)22-20-32(66-26(7)8)38(40)46-55-44(36)58(43)53(59(45)47,60(46)48)61(49)50/h17-28H,1-16H3/q+2/t52-,53?/m1/s1. The highest BCUT2D eigenvalue weighted by Gasteiger charge is 2.73. The maximum Gasteiger partial charge on any atom is 0.405 e. The molecule has 5 aromatic rings. The second kappa shape index (κ2) is 14.6. The van der Waals surface area contributed by atoms with Crippen LogP contribution in [0.25, 0.3) is 10.8 Å². The summed E-state index contributed by atoms with van der Waals surface area (Å²) in [6.07, 6.45) is -1.15. The fourth-order valence-electron chi connectivity index (χ4n) is 10.7. The first-order chi connectivity index (χ1) is 33.2. The average Bonchev–Trinajstić information content (AvgIpc) is 3.98. The quantitative estimate of drug-likeness (QED) is 0.107. The molecule has 9 heterocycles. The van der Waals surface area contributed by atoms with Crippen LogP contribution in [0.3, 0.4) is 0 Å². The van der Waals surface area contributed by atoms with Crippen LogP contribution in [0.2, 0.25) is 0 Å². The fraction of sp³-hybridized carbons (Fsp3) is 0.472. The zero-order valence-electron chi connectivity index (χ0n) is 42.7. The van der Waals surface area contributed by atoms with E-state index in [0.717, 1.165) is 0 Å². The third-order valence-electron chi connectivity index (χ3n) is 13.4. The minimum Gasteiger partial charge on any atom is -0.490 e. The number of hydrogen-bond donors (Lipinski definition) is 0. The van der Waals surface area contributed by atoms with Gasteiger partial charge < -0.3 is 42.6 Å². The summed E-state index contributed by atoms with van der Waals surface area (Å²) in [7, 11) is 1.62. The van der Waals surface area contributed by atoms with Crippen molar-refractivity contribution in [1.82, 2.24) is 9.13 Å². The number of ether oxygens (including phenoxy) is 9. The van der Waals surface area contributed by atoms with Crippen LogP contribution in [0.1, 0.15) is 126 Å². The molecule has 364 valence electrons. The molecule has 0 radical (unpaired) electrons. The Labute approximate surface area is 405 Å². The molecule has 0 aliphatic carbocycles. The summed E-state index contributed by atoms with van der Waals surface area (Å²) in [6.45, 7) is 30.0. The highest BCUT2D eigenvalue weighted by atomic mass is 16.7. The van der Waals surface area contributed by atoms with Crippen molar-refractivity contribution in [3.63, 3.8) is 0 Å². The van der Waals surface area contributed by atoms with Gasteiger partial charge in [-0.1, -0.05) is 20.0 Å². The first-order valence-electron chi connectivity index (χ1n) is 24.5. The zero-order valence-corrected chi connectivity index (χ0v) is 42.7. The predicted molar refractivity (Wildman–Crippen MR) is 261 cm³/mol. The second-order valence-corrected chi connectivity index (χ2v) is 20.9. The third-order valence-corrected chi connectivity index (χ3v) is 13.4. The summed E-state index contributed by atoms with van der Waals surface area (Å²) in [4.78, 5) is 22.9. The van der Waals surface area contributed by atoms with Crippen molar-refractivity contribution >= 4 is 45.8 Å². The molecule has 1 spiro atoms. The van der Waals surface area contributed by atoms with E-state index >= 15 is 0 Å². The van der Waals surface area contributed by atoms with E-state index in [1.807, 2.05) is 140 Å². The van der Waals surface area contributed by atoms with Crippen molar-refractivity contribution < 1.29 is 51.8 Å². The Kier molecular flexibility index (Phi) is 9.24. The Hall–Kier alpha value is -6.88. The molecule has 7 aliphatic heterocycles. The van der Waals surface area contributed by atoms with E-state index in [-0.39, 0.29) is 36.6 Å². The number of aromatic nitrogens is 2. The minimum atomic E-state index is -1.55. The van der Waals surface area contributed by atoms with Gasteiger partial charge >= 0.3 is 5.91 Å². The third kappa shape index (κ3) is 5.63. The topological polar surface area (TPSA) is 148 Å². The van der Waals surface area contributed by atoms with E-state index in [1.165, 1.54) is 0 Å². The van der Waals surface area contributed by atoms with Gasteiger partial charge in [0, 0.05) is 14.0 Å². The molecule has 0 bridgehead atoms. The molecule has 0 fully saturated rings. The van der Waals surface area contributed by atoms with Crippen LogP contribution in [0, 0.1) is 0 Å². The molecule has 7 aliphatic rings. The summed E-state index contributed by atoms with van der Waals surface area (Å²) < 4.78 is 69.7. The molecule has 0 amide bonds. The van der Waals surface area contributed by atoms with Crippen LogP contribution in [-0.4, -0.2) is 96.7 Å². The highest BCUT2D eigenvalue weighted by Crippen LogP contribution is 2.62. The molecule has 17 nitrogen and oxygen atoms in total. The molecule has 17 heteroatoms. The normalized spacial score (nSPS) is 21.0. The maximum atomic E-state index is 7.18. The number of methoxy groups -OCH3 is 1. The first kappa shape index (κ1) is 44.3. The largest absolute Gasteiger partial charge is 0.490 e. The molecular weight excluding hydrogens is 893 g/mol. The number of rotatable bonds is 13. The van der Waals surface area contributed by atoms with E-state index in [4.69, 9.17) is 62.6 Å². The van der Waals surface area contributed by atoms with Crippen molar-refractivity contribution in [2.75, 3.05) is 7.11 Å². The van der Waals surface area contributed by atoms with Gasteiger partial charge in [-0.3, -0.25) is 0 Å². The van der Waals surface area contributed by atoms with E-state index in [0.29, 0.717) is 125 Å². The number of aliphatic imine (C=N–C) groups is 2. The monoisotopic (exact) mass is 952 g/mol. The van der Waals surface area contributed by atoms with Gasteiger partial charge in [-0.25, -0.2) is 0 Å². The Morgan fingerprint density at radius 3 is 1.17 bits per heavy atom. The van der Waals surface area contributed by atoms with Crippen LogP contribution < -0.4 is 48.9 Å². The van der Waals surface area contributed by atoms with Crippen LogP contribution in [-0.2, 0) is 10.6 Å². The summed E-state index contributed by atoms with van der Waals surface area (Å²) in [6, 6.07) is 11.8. The molecule has 1 unspecified atom stereocenters. The summed E-state index contributed by atoms with van der Waals surface area (Å²) in [5, 5.41) is 1.43. The van der Waals surface area contributed by atoms with Gasteiger partial charge in [0.2, 0.25) is 28.3 Å². The van der Waals surface area contributed by atoms with Crippen LogP contribution >= 0.6 is 0 Å². The predicted octanol–water partition coefficient (Wildman–Crippen LogP) is 8.19. The molecule has 2 aromatic heterocycles. The number of amidine groups is 4. The lowest BCUT2D eigenvalue weighted by Gasteiger charge is -2.44. The van der Waals surface area contributed by atoms with Gasteiger partial charge in [0.1, 0.15) is 56.8 Å². The van der Waals surface area contributed by atoms with E-state index in [9.17, 15) is 0 Å². The summed E-state index contributed by atoms with van der Waals surface area (Å²) in [5.74, 6) is 4.69. The lowest BCUT2D eigenvalue weighted by Crippen LogP contribution is -2.71. The van der Waals surface area contributed by atoms with E-state index in [1.54, 1.807) is 7.11 Å². The molecule has 12 rings (SSSR count). The summed E-state index contributed by atoms with van der Waals surface area (Å²) in [5.41, 5.74) is 2.93. The molecule has 0 N–H and O–H groups in total. The molecule has 2 atom stereocenters. The fourth-order valence-corrected chi connectivity index (χ4v) is 10.7. The average molecular weight is 953 g/mol. The lowest BCUT2D eigenvalue weighted by atomic mass is 9.97. The SMILES string of the molecule is CO[C@]1(C)Oc2c(c3n4c2N=C2c5c(OC(C)C)ccc(OC(C)C)c5C5=[N+]2C42n4c(c6c(OC(C)C)ccc(OC(C)C)c6c4=N5)=NC4=[N+]2C(=N3)c2c(OC(C)C)ccc(OC(C)C)c24)OC1(C)C. The Morgan fingerprint density at radius 1 is 0.457 bits per heavy atom. The van der Waals surface area contributed by atoms with Gasteiger partial charge in [0.05, 0.1) is 47.4 Å². The first-order valence-corrected chi connectivity index (χ1v) is 24.5. The molecular formula is C53H60N8O9+2. The van der Waals surface area contributed by atoms with Crippen molar-refractivity contribution in [2.24, 2.45) is 20.0 Å². The van der Waals surface area contributed by atoms with E-state index < -0.39 is 17.3 Å². The highest BCUT2D eigenvalue weighted by molar-refractivity contribution is 6.22. The summed E-state index contributed by atoms with van der Waals surface area (Å²) >= 11 is 0. The van der Waals surface area contributed by atoms with Gasteiger partial charge in [-0.15, -0.1) is 9.15 Å². The minimum absolute atomic E-state index is 0.190. The van der Waals surface area contributed by atoms with Gasteiger partial charge in [0.15, 0.2) is 5.60 Å². The van der Waals surface area contributed by atoms with Crippen LogP contribution in [0.4, 0.5) is 11.6 Å². The Morgan fingerprint density at radius 2 is 0.800 bits per heavy atom. The van der Waals surface area contributed by atoms with Gasteiger partial charge in [0.25, 0.3) is 35.0 Å². The number of benzene rings is 3. The lowest BCUT2D eigenvalue weighted by molar-refractivity contribution is -0.790. The molecule has 70 heavy (non-hydrogen) atoms. The Bertz CT molecular complexity index is 3400. The number of fused-ring (bicyclic) bond motifs is 12. The number of nitrogens with zero attached hydrogens (tertiary/aromatic N) is 8. The van der Waals surface area contributed by atoms with Crippen LogP contribution in [0.5, 0.6) is 46.0 Å². The van der Waals surface area contributed by atoms with Crippen molar-refractivity contribution in [1.29, 1.82) is 0 Å². The molecule has 3 aromatic carbocycles. The van der Waals surface area contributed by atoms with Crippen molar-refractivity contribution in [3.8, 4) is 46.0 Å². The van der Waals surface area contributed by atoms with Crippen LogP contribution in [0.15, 0.2) is 56.4 Å². The van der Waals surface area contributed by atoms with Crippen molar-refractivity contribution in [3.05, 3.63) is 69.6 Å². The van der Waals surface area contributed by atoms with Gasteiger partial charge in [-0.05, 0) is 133 Å².